The average Bonchev–Trinajstić information content (AvgIpc) is 2.61. The summed E-state index contributed by atoms with van der Waals surface area (Å²) in [7, 11) is 0. The monoisotopic (exact) mass is 325 g/mol. The van der Waals surface area contributed by atoms with Gasteiger partial charge in [0.05, 0.1) is 6.04 Å². The Bertz CT molecular complexity index is 756. The van der Waals surface area contributed by atoms with Crippen LogP contribution in [0, 0.1) is 11.7 Å². The van der Waals surface area contributed by atoms with Gasteiger partial charge in [-0.2, -0.15) is 0 Å². The first-order valence-electron chi connectivity index (χ1n) is 7.57. The van der Waals surface area contributed by atoms with Crippen LogP contribution in [0.4, 0.5) is 4.39 Å². The van der Waals surface area contributed by atoms with Crippen molar-refractivity contribution in [3.8, 4) is 0 Å². The molecule has 0 aromatic heterocycles. The fraction of sp³-hybridized carbons (Fsp3) is 0.158. The number of carbonyl (C=O) groups excluding carboxylic acids is 2. The molecule has 1 aliphatic heterocycles. The number of esters is 1. The zero-order valence-corrected chi connectivity index (χ0v) is 12.8. The van der Waals surface area contributed by atoms with Crippen LogP contribution in [0.3, 0.4) is 0 Å². The number of nitrogens with one attached hydrogen (secondary N) is 1. The number of hydrogen-bond donors (Lipinski definition) is 1. The Morgan fingerprint density at radius 1 is 1.08 bits per heavy atom. The van der Waals surface area contributed by atoms with E-state index >= 15 is 0 Å². The minimum Gasteiger partial charge on any atom is -0.460 e. The molecular formula is C19H16FNO3. The molecule has 0 bridgehead atoms. The van der Waals surface area contributed by atoms with E-state index in [-0.39, 0.29) is 18.2 Å². The lowest BCUT2D eigenvalue weighted by atomic mass is 9.87. The Hall–Kier alpha value is -2.95. The standard InChI is InChI=1S/C19H16FNO3/c20-15-8-6-14(7-9-15)18-17(16(22)10-11-21-18)19(23)24-12-13-4-2-1-3-5-13/h1-11,17-18,21H,12H2. The summed E-state index contributed by atoms with van der Waals surface area (Å²) in [4.78, 5) is 24.6. The van der Waals surface area contributed by atoms with E-state index in [2.05, 4.69) is 5.32 Å². The lowest BCUT2D eigenvalue weighted by Gasteiger charge is -2.27. The first-order valence-corrected chi connectivity index (χ1v) is 7.57. The van der Waals surface area contributed by atoms with Crippen molar-refractivity contribution < 1.29 is 18.7 Å². The number of carbonyl (C=O) groups is 2. The molecule has 2 unspecified atom stereocenters. The van der Waals surface area contributed by atoms with Gasteiger partial charge in [-0.1, -0.05) is 42.5 Å². The lowest BCUT2D eigenvalue weighted by molar-refractivity contribution is -0.153. The number of ketones is 1. The molecule has 1 heterocycles. The Morgan fingerprint density at radius 3 is 2.50 bits per heavy atom. The SMILES string of the molecule is O=C1C=CNC(c2ccc(F)cc2)C1C(=O)OCc1ccccc1. The number of rotatable bonds is 4. The molecule has 2 atom stereocenters. The van der Waals surface area contributed by atoms with Crippen molar-refractivity contribution in [2.75, 3.05) is 0 Å². The third kappa shape index (κ3) is 3.51. The zero-order valence-electron chi connectivity index (χ0n) is 12.8. The van der Waals surface area contributed by atoms with Gasteiger partial charge >= 0.3 is 5.97 Å². The van der Waals surface area contributed by atoms with Gasteiger partial charge in [0.25, 0.3) is 0 Å². The summed E-state index contributed by atoms with van der Waals surface area (Å²) in [5.41, 5.74) is 1.49. The van der Waals surface area contributed by atoms with Crippen molar-refractivity contribution in [2.45, 2.75) is 12.6 Å². The van der Waals surface area contributed by atoms with Gasteiger partial charge in [0.15, 0.2) is 5.78 Å². The predicted molar refractivity (Wildman–Crippen MR) is 86.2 cm³/mol. The third-order valence-electron chi connectivity index (χ3n) is 3.87. The number of allylic oxidation sites excluding steroid dienone is 1. The number of hydrogen-bond acceptors (Lipinski definition) is 4. The molecule has 1 N–H and O–H groups in total. The van der Waals surface area contributed by atoms with Gasteiger partial charge in [-0.25, -0.2) is 4.39 Å². The molecule has 0 saturated carbocycles. The van der Waals surface area contributed by atoms with Crippen molar-refractivity contribution in [3.05, 3.63) is 83.8 Å². The van der Waals surface area contributed by atoms with E-state index in [9.17, 15) is 14.0 Å². The van der Waals surface area contributed by atoms with Crippen LogP contribution in [0.25, 0.3) is 0 Å². The molecule has 122 valence electrons. The molecule has 5 heteroatoms. The molecule has 0 saturated heterocycles. The van der Waals surface area contributed by atoms with Gasteiger partial charge < -0.3 is 10.1 Å². The highest BCUT2D eigenvalue weighted by Crippen LogP contribution is 2.27. The Balaban J connectivity index is 1.76. The molecule has 0 radical (unpaired) electrons. The second-order valence-electron chi connectivity index (χ2n) is 5.50. The lowest BCUT2D eigenvalue weighted by Crippen LogP contribution is -2.39. The topological polar surface area (TPSA) is 55.4 Å². The minimum atomic E-state index is -0.996. The van der Waals surface area contributed by atoms with Crippen LogP contribution in [-0.4, -0.2) is 11.8 Å². The van der Waals surface area contributed by atoms with E-state index in [1.165, 1.54) is 24.4 Å². The van der Waals surface area contributed by atoms with E-state index in [0.717, 1.165) is 5.56 Å². The number of ether oxygens (including phenoxy) is 1. The first-order chi connectivity index (χ1) is 11.6. The van der Waals surface area contributed by atoms with Crippen LogP contribution in [0.15, 0.2) is 66.9 Å². The summed E-state index contributed by atoms with van der Waals surface area (Å²) < 4.78 is 18.4. The van der Waals surface area contributed by atoms with Gasteiger partial charge in [-0.05, 0) is 29.3 Å². The molecule has 3 rings (SSSR count). The Kier molecular flexibility index (Phi) is 4.70. The van der Waals surface area contributed by atoms with Crippen LogP contribution < -0.4 is 5.32 Å². The molecule has 0 spiro atoms. The van der Waals surface area contributed by atoms with Crippen molar-refractivity contribution in [2.24, 2.45) is 5.92 Å². The fourth-order valence-corrected chi connectivity index (χ4v) is 2.63. The zero-order chi connectivity index (χ0) is 16.9. The maximum Gasteiger partial charge on any atom is 0.319 e. The van der Waals surface area contributed by atoms with Gasteiger partial charge in [-0.3, -0.25) is 9.59 Å². The highest BCUT2D eigenvalue weighted by Gasteiger charge is 2.37. The average molecular weight is 325 g/mol. The third-order valence-corrected chi connectivity index (χ3v) is 3.87. The second kappa shape index (κ2) is 7.08. The Labute approximate surface area is 138 Å². The molecule has 4 nitrogen and oxygen atoms in total. The fourth-order valence-electron chi connectivity index (χ4n) is 2.63. The number of benzene rings is 2. The summed E-state index contributed by atoms with van der Waals surface area (Å²) in [6.45, 7) is 0.101. The summed E-state index contributed by atoms with van der Waals surface area (Å²) >= 11 is 0. The van der Waals surface area contributed by atoms with Crippen molar-refractivity contribution in [1.29, 1.82) is 0 Å². The molecule has 2 aromatic carbocycles. The van der Waals surface area contributed by atoms with Crippen molar-refractivity contribution in [1.82, 2.24) is 5.32 Å². The van der Waals surface area contributed by atoms with Gasteiger partial charge in [0.2, 0.25) is 0 Å². The van der Waals surface area contributed by atoms with Crippen LogP contribution in [0.5, 0.6) is 0 Å². The molecule has 0 amide bonds. The largest absolute Gasteiger partial charge is 0.460 e. The highest BCUT2D eigenvalue weighted by atomic mass is 19.1. The summed E-state index contributed by atoms with van der Waals surface area (Å²) in [5, 5.41) is 2.99. The van der Waals surface area contributed by atoms with E-state index in [1.54, 1.807) is 12.1 Å². The maximum absolute atomic E-state index is 13.1. The smallest absolute Gasteiger partial charge is 0.319 e. The van der Waals surface area contributed by atoms with E-state index < -0.39 is 17.9 Å². The molecular weight excluding hydrogens is 309 g/mol. The van der Waals surface area contributed by atoms with Crippen LogP contribution >= 0.6 is 0 Å². The first kappa shape index (κ1) is 15.9. The van der Waals surface area contributed by atoms with Crippen LogP contribution in [0.1, 0.15) is 17.2 Å². The molecule has 0 fully saturated rings. The molecule has 1 aliphatic rings. The van der Waals surface area contributed by atoms with Gasteiger partial charge in [-0.15, -0.1) is 0 Å². The van der Waals surface area contributed by atoms with Gasteiger partial charge in [0.1, 0.15) is 18.3 Å². The summed E-state index contributed by atoms with van der Waals surface area (Å²) in [6, 6.07) is 14.4. The summed E-state index contributed by atoms with van der Waals surface area (Å²) in [5.74, 6) is -2.31. The molecule has 2 aromatic rings. The van der Waals surface area contributed by atoms with Crippen LogP contribution in [0.2, 0.25) is 0 Å². The van der Waals surface area contributed by atoms with E-state index in [4.69, 9.17) is 4.74 Å². The molecule has 24 heavy (non-hydrogen) atoms. The normalized spacial score (nSPS) is 19.6. The van der Waals surface area contributed by atoms with Gasteiger partial charge in [0, 0.05) is 6.20 Å². The second-order valence-corrected chi connectivity index (χ2v) is 5.50. The van der Waals surface area contributed by atoms with Crippen LogP contribution in [-0.2, 0) is 20.9 Å². The van der Waals surface area contributed by atoms with Crippen molar-refractivity contribution >= 4 is 11.8 Å². The number of halogens is 1. The Morgan fingerprint density at radius 2 is 1.79 bits per heavy atom. The minimum absolute atomic E-state index is 0.101. The predicted octanol–water partition coefficient (Wildman–Crippen LogP) is 2.91. The van der Waals surface area contributed by atoms with E-state index in [1.807, 2.05) is 30.3 Å². The molecule has 0 aliphatic carbocycles. The van der Waals surface area contributed by atoms with Crippen molar-refractivity contribution in [3.63, 3.8) is 0 Å². The quantitative estimate of drug-likeness (QED) is 0.694. The maximum atomic E-state index is 13.1. The highest BCUT2D eigenvalue weighted by molar-refractivity contribution is 6.06. The summed E-state index contributed by atoms with van der Waals surface area (Å²) in [6.07, 6.45) is 2.81. The van der Waals surface area contributed by atoms with E-state index in [0.29, 0.717) is 5.56 Å².